The van der Waals surface area contributed by atoms with Gasteiger partial charge in [-0.3, -0.25) is 9.13 Å². The summed E-state index contributed by atoms with van der Waals surface area (Å²) in [6, 6.07) is 13.8. The number of nitrogens with one attached hydrogen (secondary N) is 1. The zero-order valence-corrected chi connectivity index (χ0v) is 22.4. The van der Waals surface area contributed by atoms with Crippen LogP contribution in [0.3, 0.4) is 0 Å². The van der Waals surface area contributed by atoms with Gasteiger partial charge in [0.15, 0.2) is 5.69 Å². The number of anilines is 4. The van der Waals surface area contributed by atoms with E-state index in [-0.39, 0.29) is 29.5 Å². The van der Waals surface area contributed by atoms with Gasteiger partial charge in [0.25, 0.3) is 5.89 Å². The van der Waals surface area contributed by atoms with E-state index in [1.165, 1.54) is 21.8 Å². The molecule has 0 aliphatic heterocycles. The number of para-hydroxylation sites is 1. The highest BCUT2D eigenvalue weighted by Gasteiger charge is 2.24. The largest absolute Gasteiger partial charge is 0.380 e. The van der Waals surface area contributed by atoms with Crippen molar-refractivity contribution in [3.05, 3.63) is 86.1 Å². The molecule has 0 atom stereocenters. The van der Waals surface area contributed by atoms with E-state index >= 15 is 0 Å². The number of imidazole rings is 2. The van der Waals surface area contributed by atoms with E-state index in [1.54, 1.807) is 35.9 Å². The summed E-state index contributed by atoms with van der Waals surface area (Å²) in [6.45, 7) is 0. The summed E-state index contributed by atoms with van der Waals surface area (Å²) in [5.74, 6) is 1.17. The lowest BCUT2D eigenvalue weighted by molar-refractivity contribution is 0.244. The van der Waals surface area contributed by atoms with Crippen LogP contribution in [0.25, 0.3) is 23.2 Å². The summed E-state index contributed by atoms with van der Waals surface area (Å²) in [7, 11) is 1.85. The summed E-state index contributed by atoms with van der Waals surface area (Å²) in [6.07, 6.45) is 13.1. The van der Waals surface area contributed by atoms with Gasteiger partial charge in [0, 0.05) is 49.8 Å². The number of rotatable bonds is 6. The zero-order valence-electron chi connectivity index (χ0n) is 22.4. The van der Waals surface area contributed by atoms with Crippen LogP contribution in [0.15, 0.2) is 90.6 Å². The normalized spacial score (nSPS) is 12.3. The summed E-state index contributed by atoms with van der Waals surface area (Å²) < 4.78 is 8.21. The molecular weight excluding hydrogens is 538 g/mol. The van der Waals surface area contributed by atoms with E-state index in [4.69, 9.17) is 10.3 Å². The van der Waals surface area contributed by atoms with Gasteiger partial charge in [-0.15, -0.1) is 0 Å². The molecule has 1 fully saturated rings. The average molecular weight is 564 g/mol. The Hall–Kier alpha value is -5.99. The number of aromatic nitrogens is 10. The van der Waals surface area contributed by atoms with Crippen molar-refractivity contribution >= 4 is 29.3 Å². The third-order valence-corrected chi connectivity index (χ3v) is 6.11. The van der Waals surface area contributed by atoms with Crippen molar-refractivity contribution in [2.45, 2.75) is 18.9 Å². The molecule has 15 nitrogen and oxygen atoms in total. The van der Waals surface area contributed by atoms with Gasteiger partial charge >= 0.3 is 6.03 Å². The second-order valence-corrected chi connectivity index (χ2v) is 9.18. The molecule has 5 aromatic heterocycles. The number of nitrogens with two attached hydrogens (primary N) is 1. The highest BCUT2D eigenvalue weighted by atomic mass is 16.5. The lowest BCUT2D eigenvalue weighted by Gasteiger charge is -2.17. The van der Waals surface area contributed by atoms with Crippen molar-refractivity contribution in [3.8, 4) is 23.2 Å². The Morgan fingerprint density at radius 3 is 2.33 bits per heavy atom. The monoisotopic (exact) mass is 563 g/mol. The van der Waals surface area contributed by atoms with E-state index in [9.17, 15) is 4.79 Å². The Morgan fingerprint density at radius 1 is 0.929 bits per heavy atom. The third kappa shape index (κ3) is 5.94. The SMILES string of the molecule is CN(c1ccccc1)c1nc(N)nc(-c2noc(-c3ncccc3NC3CC3)n2)n1.O=C(n1ccnc1)n1ccnc1. The van der Waals surface area contributed by atoms with Crippen molar-refractivity contribution in [3.63, 3.8) is 0 Å². The molecule has 0 spiro atoms. The lowest BCUT2D eigenvalue weighted by atomic mass is 10.3. The van der Waals surface area contributed by atoms with Crippen molar-refractivity contribution < 1.29 is 9.32 Å². The van der Waals surface area contributed by atoms with Crippen LogP contribution in [0.1, 0.15) is 12.8 Å². The zero-order chi connectivity index (χ0) is 28.9. The van der Waals surface area contributed by atoms with Gasteiger partial charge in [-0.05, 0) is 37.1 Å². The van der Waals surface area contributed by atoms with Gasteiger partial charge < -0.3 is 20.5 Å². The Morgan fingerprint density at radius 2 is 1.67 bits per heavy atom. The molecule has 210 valence electrons. The van der Waals surface area contributed by atoms with Crippen molar-refractivity contribution in [1.29, 1.82) is 0 Å². The number of pyridine rings is 1. The standard InChI is InChI=1S/C20H19N9O.C7H6N4O/c1-29(13-6-3-2-4-7-13)20-26-16(25-19(21)27-20)17-24-18(30-28-17)15-14(8-5-11-22-15)23-12-9-10-12;12-7(10-3-1-8-5-10)11-4-2-9-6-11/h2-8,11-12,23H,9-10H2,1H3,(H2,21,25,26,27);1-6H. The summed E-state index contributed by atoms with van der Waals surface area (Å²) in [5, 5.41) is 7.46. The number of carbonyl (C=O) groups excluding carboxylic acids is 1. The average Bonchev–Trinajstić information content (AvgIpc) is 3.47. The Labute approximate surface area is 239 Å². The van der Waals surface area contributed by atoms with Gasteiger partial charge in [0.1, 0.15) is 12.7 Å². The first-order valence-electron chi connectivity index (χ1n) is 12.9. The van der Waals surface area contributed by atoms with Crippen LogP contribution >= 0.6 is 0 Å². The van der Waals surface area contributed by atoms with Crippen LogP contribution in [-0.2, 0) is 0 Å². The molecular formula is C27H25N13O2. The van der Waals surface area contributed by atoms with E-state index in [0.29, 0.717) is 17.7 Å². The molecule has 0 unspecified atom stereocenters. The van der Waals surface area contributed by atoms with E-state index in [1.807, 2.05) is 49.5 Å². The maximum atomic E-state index is 11.4. The number of nitrogens with zero attached hydrogens (tertiary/aromatic N) is 11. The first kappa shape index (κ1) is 26.2. The minimum Gasteiger partial charge on any atom is -0.380 e. The molecule has 7 rings (SSSR count). The fourth-order valence-electron chi connectivity index (χ4n) is 3.83. The first-order chi connectivity index (χ1) is 20.5. The maximum Gasteiger partial charge on any atom is 0.338 e. The molecule has 0 saturated heterocycles. The van der Waals surface area contributed by atoms with Gasteiger partial charge in [-0.2, -0.15) is 19.9 Å². The Bertz CT molecular complexity index is 1730. The van der Waals surface area contributed by atoms with Crippen molar-refractivity contribution in [2.75, 3.05) is 23.0 Å². The van der Waals surface area contributed by atoms with Crippen LogP contribution in [0.2, 0.25) is 0 Å². The first-order valence-corrected chi connectivity index (χ1v) is 12.9. The van der Waals surface area contributed by atoms with Crippen molar-refractivity contribution in [2.24, 2.45) is 0 Å². The molecule has 5 heterocycles. The molecule has 0 bridgehead atoms. The highest BCUT2D eigenvalue weighted by molar-refractivity contribution is 5.78. The summed E-state index contributed by atoms with van der Waals surface area (Å²) in [5.41, 5.74) is 8.27. The number of carbonyl (C=O) groups is 1. The maximum absolute atomic E-state index is 11.4. The predicted octanol–water partition coefficient (Wildman–Crippen LogP) is 3.50. The van der Waals surface area contributed by atoms with Crippen molar-refractivity contribution in [1.82, 2.24) is 49.2 Å². The molecule has 1 aliphatic carbocycles. The molecule has 42 heavy (non-hydrogen) atoms. The second kappa shape index (κ2) is 11.6. The fraction of sp³-hybridized carbons (Fsp3) is 0.148. The molecule has 1 saturated carbocycles. The second-order valence-electron chi connectivity index (χ2n) is 9.18. The number of hydrogen-bond acceptors (Lipinski definition) is 13. The van der Waals surface area contributed by atoms with E-state index in [2.05, 4.69) is 45.4 Å². The molecule has 6 aromatic rings. The summed E-state index contributed by atoms with van der Waals surface area (Å²) in [4.78, 5) is 42.5. The van der Waals surface area contributed by atoms with Gasteiger partial charge in [0.2, 0.25) is 23.5 Å². The fourth-order valence-corrected chi connectivity index (χ4v) is 3.83. The Balaban J connectivity index is 0.000000219. The number of nitrogen functional groups attached to an aromatic ring is 1. The minimum absolute atomic E-state index is 0.0676. The van der Waals surface area contributed by atoms with Crippen LogP contribution in [0, 0.1) is 0 Å². The third-order valence-electron chi connectivity index (χ3n) is 6.11. The predicted molar refractivity (Wildman–Crippen MR) is 153 cm³/mol. The molecule has 0 radical (unpaired) electrons. The highest BCUT2D eigenvalue weighted by Crippen LogP contribution is 2.31. The quantitative estimate of drug-likeness (QED) is 0.300. The number of hydrogen-bond donors (Lipinski definition) is 2. The molecule has 1 aliphatic rings. The van der Waals surface area contributed by atoms with Gasteiger partial charge in [-0.25, -0.2) is 19.7 Å². The number of benzene rings is 1. The Kier molecular flexibility index (Phi) is 7.27. The lowest BCUT2D eigenvalue weighted by Crippen LogP contribution is -2.15. The molecule has 1 aromatic carbocycles. The van der Waals surface area contributed by atoms with Crippen LogP contribution < -0.4 is 16.0 Å². The van der Waals surface area contributed by atoms with Gasteiger partial charge in [-0.1, -0.05) is 23.4 Å². The van der Waals surface area contributed by atoms with E-state index < -0.39 is 0 Å². The van der Waals surface area contributed by atoms with Crippen LogP contribution in [0.4, 0.5) is 28.1 Å². The molecule has 0 amide bonds. The molecule has 15 heteroatoms. The summed E-state index contributed by atoms with van der Waals surface area (Å²) >= 11 is 0. The minimum atomic E-state index is -0.190. The topological polar surface area (TPSA) is 184 Å². The van der Waals surface area contributed by atoms with Crippen LogP contribution in [-0.4, -0.2) is 68.3 Å². The van der Waals surface area contributed by atoms with E-state index in [0.717, 1.165) is 24.2 Å². The molecule has 3 N–H and O–H groups in total. The smallest absolute Gasteiger partial charge is 0.338 e. The van der Waals surface area contributed by atoms with Crippen LogP contribution in [0.5, 0.6) is 0 Å². The van der Waals surface area contributed by atoms with Gasteiger partial charge in [0.05, 0.1) is 5.69 Å².